The van der Waals surface area contributed by atoms with Crippen LogP contribution in [0.25, 0.3) is 0 Å². The van der Waals surface area contributed by atoms with Crippen LogP contribution in [-0.2, 0) is 0 Å². The van der Waals surface area contributed by atoms with E-state index < -0.39 is 11.6 Å². The fourth-order valence-corrected chi connectivity index (χ4v) is 1.76. The highest BCUT2D eigenvalue weighted by Crippen LogP contribution is 2.24. The van der Waals surface area contributed by atoms with Crippen LogP contribution < -0.4 is 5.32 Å². The number of rotatable bonds is 5. The molecule has 0 aliphatic rings. The lowest BCUT2D eigenvalue weighted by molar-refractivity contribution is 0.396. The van der Waals surface area contributed by atoms with Crippen LogP contribution in [0.3, 0.4) is 0 Å². The second-order valence-electron chi connectivity index (χ2n) is 4.34. The Hall–Kier alpha value is -0.960. The third kappa shape index (κ3) is 3.27. The van der Waals surface area contributed by atoms with Gasteiger partial charge in [0.1, 0.15) is 11.6 Å². The summed E-state index contributed by atoms with van der Waals surface area (Å²) in [5.41, 5.74) is 0.546. The Labute approximate surface area is 95.9 Å². The molecule has 0 aliphatic heterocycles. The Morgan fingerprint density at radius 2 is 1.94 bits per heavy atom. The first-order valence-corrected chi connectivity index (χ1v) is 5.74. The number of nitrogens with one attached hydrogen (secondary N) is 1. The number of halogens is 2. The number of hydrogen-bond acceptors (Lipinski definition) is 1. The van der Waals surface area contributed by atoms with E-state index in [4.69, 9.17) is 0 Å². The van der Waals surface area contributed by atoms with E-state index in [9.17, 15) is 8.78 Å². The van der Waals surface area contributed by atoms with Crippen LogP contribution in [-0.4, -0.2) is 6.54 Å². The standard InChI is InChI=1S/C13H19F2N/c1-4-7-16-13(9(2)3)11-6-5-10(14)8-12(11)15/h5-6,8-9,13,16H,4,7H2,1-3H3. The molecule has 1 atom stereocenters. The molecule has 1 nitrogen and oxygen atoms in total. The Morgan fingerprint density at radius 1 is 1.25 bits per heavy atom. The second kappa shape index (κ2) is 5.94. The third-order valence-electron chi connectivity index (χ3n) is 2.58. The normalized spacial score (nSPS) is 13.1. The quantitative estimate of drug-likeness (QED) is 0.809. The first kappa shape index (κ1) is 13.1. The van der Waals surface area contributed by atoms with E-state index in [0.29, 0.717) is 5.56 Å². The SMILES string of the molecule is CCCNC(c1ccc(F)cc1F)C(C)C. The van der Waals surface area contributed by atoms with Gasteiger partial charge in [-0.3, -0.25) is 0 Å². The molecule has 1 aromatic carbocycles. The molecule has 0 amide bonds. The highest BCUT2D eigenvalue weighted by molar-refractivity contribution is 5.22. The summed E-state index contributed by atoms with van der Waals surface area (Å²) in [5, 5.41) is 3.28. The Balaban J connectivity index is 2.92. The highest BCUT2D eigenvalue weighted by atomic mass is 19.1. The van der Waals surface area contributed by atoms with Gasteiger partial charge in [-0.05, 0) is 24.9 Å². The van der Waals surface area contributed by atoms with Gasteiger partial charge in [0.2, 0.25) is 0 Å². The molecule has 0 radical (unpaired) electrons. The van der Waals surface area contributed by atoms with Crippen LogP contribution in [0.4, 0.5) is 8.78 Å². The second-order valence-corrected chi connectivity index (χ2v) is 4.34. The first-order chi connectivity index (χ1) is 7.56. The average molecular weight is 227 g/mol. The minimum Gasteiger partial charge on any atom is -0.310 e. The van der Waals surface area contributed by atoms with E-state index in [0.717, 1.165) is 19.0 Å². The molecule has 0 heterocycles. The van der Waals surface area contributed by atoms with Crippen LogP contribution in [0.2, 0.25) is 0 Å². The zero-order chi connectivity index (χ0) is 12.1. The molecule has 1 rings (SSSR count). The van der Waals surface area contributed by atoms with Crippen molar-refractivity contribution in [2.24, 2.45) is 5.92 Å². The Bertz CT molecular complexity index is 337. The molecule has 1 aromatic rings. The van der Waals surface area contributed by atoms with Crippen LogP contribution in [0.5, 0.6) is 0 Å². The predicted molar refractivity (Wildman–Crippen MR) is 62.2 cm³/mol. The zero-order valence-electron chi connectivity index (χ0n) is 10.1. The van der Waals surface area contributed by atoms with Crippen molar-refractivity contribution in [1.82, 2.24) is 5.32 Å². The van der Waals surface area contributed by atoms with Crippen molar-refractivity contribution >= 4 is 0 Å². The molecule has 3 heteroatoms. The van der Waals surface area contributed by atoms with Crippen molar-refractivity contribution in [3.63, 3.8) is 0 Å². The molecule has 0 aromatic heterocycles. The first-order valence-electron chi connectivity index (χ1n) is 5.74. The smallest absolute Gasteiger partial charge is 0.130 e. The van der Waals surface area contributed by atoms with Crippen molar-refractivity contribution in [2.45, 2.75) is 33.2 Å². The molecule has 1 unspecified atom stereocenters. The van der Waals surface area contributed by atoms with E-state index in [2.05, 4.69) is 12.2 Å². The summed E-state index contributed by atoms with van der Waals surface area (Å²) >= 11 is 0. The number of hydrogen-bond donors (Lipinski definition) is 1. The average Bonchev–Trinajstić information content (AvgIpc) is 2.20. The molecule has 0 bridgehead atoms. The molecular weight excluding hydrogens is 208 g/mol. The molecule has 1 N–H and O–H groups in total. The summed E-state index contributed by atoms with van der Waals surface area (Å²) in [5.74, 6) is -0.729. The lowest BCUT2D eigenvalue weighted by Gasteiger charge is -2.23. The molecule has 0 saturated carbocycles. The predicted octanol–water partition coefficient (Wildman–Crippen LogP) is 3.66. The lowest BCUT2D eigenvalue weighted by Crippen LogP contribution is -2.27. The Kier molecular flexibility index (Phi) is 4.87. The summed E-state index contributed by atoms with van der Waals surface area (Å²) < 4.78 is 26.4. The monoisotopic (exact) mass is 227 g/mol. The summed E-state index contributed by atoms with van der Waals surface area (Å²) in [6, 6.07) is 3.72. The van der Waals surface area contributed by atoms with E-state index in [1.165, 1.54) is 12.1 Å². The van der Waals surface area contributed by atoms with Gasteiger partial charge in [0.15, 0.2) is 0 Å². The van der Waals surface area contributed by atoms with Gasteiger partial charge in [-0.25, -0.2) is 8.78 Å². The molecule has 90 valence electrons. The maximum atomic E-state index is 13.6. The molecule has 0 saturated heterocycles. The minimum atomic E-state index is -0.528. The topological polar surface area (TPSA) is 12.0 Å². The largest absolute Gasteiger partial charge is 0.310 e. The van der Waals surface area contributed by atoms with Gasteiger partial charge in [-0.1, -0.05) is 26.8 Å². The number of benzene rings is 1. The summed E-state index contributed by atoms with van der Waals surface area (Å²) in [6.07, 6.45) is 0.992. The van der Waals surface area contributed by atoms with Crippen LogP contribution in [0.1, 0.15) is 38.8 Å². The van der Waals surface area contributed by atoms with Gasteiger partial charge in [0.05, 0.1) is 0 Å². The van der Waals surface area contributed by atoms with Crippen LogP contribution >= 0.6 is 0 Å². The minimum absolute atomic E-state index is 0.0550. The van der Waals surface area contributed by atoms with Gasteiger partial charge in [-0.15, -0.1) is 0 Å². The highest BCUT2D eigenvalue weighted by Gasteiger charge is 2.18. The van der Waals surface area contributed by atoms with Crippen molar-refractivity contribution in [3.05, 3.63) is 35.4 Å². The van der Waals surface area contributed by atoms with Gasteiger partial charge >= 0.3 is 0 Å². The molecule has 0 fully saturated rings. The fourth-order valence-electron chi connectivity index (χ4n) is 1.76. The molecule has 0 aliphatic carbocycles. The van der Waals surface area contributed by atoms with Gasteiger partial charge in [0.25, 0.3) is 0 Å². The van der Waals surface area contributed by atoms with Crippen LogP contribution in [0, 0.1) is 17.6 Å². The third-order valence-corrected chi connectivity index (χ3v) is 2.58. The van der Waals surface area contributed by atoms with E-state index in [1.54, 1.807) is 0 Å². The van der Waals surface area contributed by atoms with Gasteiger partial charge in [-0.2, -0.15) is 0 Å². The van der Waals surface area contributed by atoms with E-state index in [1.807, 2.05) is 13.8 Å². The zero-order valence-corrected chi connectivity index (χ0v) is 10.1. The van der Waals surface area contributed by atoms with Crippen molar-refractivity contribution < 1.29 is 8.78 Å². The molecule has 16 heavy (non-hydrogen) atoms. The maximum absolute atomic E-state index is 13.6. The Morgan fingerprint density at radius 3 is 2.44 bits per heavy atom. The van der Waals surface area contributed by atoms with Crippen molar-refractivity contribution in [2.75, 3.05) is 6.54 Å². The summed E-state index contributed by atoms with van der Waals surface area (Å²) in [7, 11) is 0. The summed E-state index contributed by atoms with van der Waals surface area (Å²) in [6.45, 7) is 6.94. The maximum Gasteiger partial charge on any atom is 0.130 e. The fraction of sp³-hybridized carbons (Fsp3) is 0.538. The molecule has 0 spiro atoms. The van der Waals surface area contributed by atoms with Crippen LogP contribution in [0.15, 0.2) is 18.2 Å². The van der Waals surface area contributed by atoms with Gasteiger partial charge in [0, 0.05) is 17.7 Å². The van der Waals surface area contributed by atoms with Crippen molar-refractivity contribution in [3.8, 4) is 0 Å². The summed E-state index contributed by atoms with van der Waals surface area (Å²) in [4.78, 5) is 0. The van der Waals surface area contributed by atoms with Crippen molar-refractivity contribution in [1.29, 1.82) is 0 Å². The van der Waals surface area contributed by atoms with E-state index >= 15 is 0 Å². The van der Waals surface area contributed by atoms with Gasteiger partial charge < -0.3 is 5.32 Å². The molecular formula is C13H19F2N. The lowest BCUT2D eigenvalue weighted by atomic mass is 9.95. The van der Waals surface area contributed by atoms with E-state index in [-0.39, 0.29) is 12.0 Å².